The van der Waals surface area contributed by atoms with Gasteiger partial charge < -0.3 is 10.6 Å². The number of hydrogen-bond acceptors (Lipinski definition) is 3. The molecule has 0 aliphatic heterocycles. The zero-order valence-electron chi connectivity index (χ0n) is 11.5. The molecule has 0 radical (unpaired) electrons. The highest BCUT2D eigenvalue weighted by molar-refractivity contribution is 6.31. The van der Waals surface area contributed by atoms with Gasteiger partial charge in [-0.05, 0) is 24.7 Å². The van der Waals surface area contributed by atoms with Crippen LogP contribution in [0.4, 0.5) is 0 Å². The fraction of sp³-hybridized carbons (Fsp3) is 0.286. The van der Waals surface area contributed by atoms with Crippen molar-refractivity contribution in [3.63, 3.8) is 0 Å². The van der Waals surface area contributed by atoms with Gasteiger partial charge in [-0.15, -0.1) is 0 Å². The van der Waals surface area contributed by atoms with Gasteiger partial charge in [-0.25, -0.2) is 4.68 Å². The number of aromatic nitrogens is 2. The molecule has 0 saturated carbocycles. The summed E-state index contributed by atoms with van der Waals surface area (Å²) < 4.78 is 1.67. The number of halogens is 1. The lowest BCUT2D eigenvalue weighted by Gasteiger charge is -2.11. The van der Waals surface area contributed by atoms with Crippen molar-refractivity contribution in [1.29, 1.82) is 0 Å². The molecule has 1 heterocycles. The molecule has 2 rings (SSSR count). The molecule has 5 nitrogen and oxygen atoms in total. The molecule has 2 N–H and O–H groups in total. The maximum atomic E-state index is 11.6. The number of benzene rings is 1. The first-order valence-electron chi connectivity index (χ1n) is 6.43. The Labute approximate surface area is 122 Å². The summed E-state index contributed by atoms with van der Waals surface area (Å²) in [6.07, 6.45) is 1.76. The Morgan fingerprint density at radius 3 is 2.90 bits per heavy atom. The molecule has 0 aliphatic rings. The Morgan fingerprint density at radius 2 is 2.20 bits per heavy atom. The highest BCUT2D eigenvalue weighted by Crippen LogP contribution is 2.23. The summed E-state index contributed by atoms with van der Waals surface area (Å²) in [5.74, 6) is -0.209. The smallest absolute Gasteiger partial charge is 0.271 e. The van der Waals surface area contributed by atoms with Gasteiger partial charge in [0.1, 0.15) is 0 Å². The quantitative estimate of drug-likeness (QED) is 0.886. The number of nitrogens with zero attached hydrogens (tertiary/aromatic N) is 2. The molecule has 0 spiro atoms. The predicted octanol–water partition coefficient (Wildman–Crippen LogP) is 1.99. The van der Waals surface area contributed by atoms with Gasteiger partial charge in [0.25, 0.3) is 5.91 Å². The van der Waals surface area contributed by atoms with Crippen molar-refractivity contribution >= 4 is 17.5 Å². The van der Waals surface area contributed by atoms with E-state index in [1.54, 1.807) is 24.0 Å². The third kappa shape index (κ3) is 3.00. The second-order valence-corrected chi connectivity index (χ2v) is 4.65. The summed E-state index contributed by atoms with van der Waals surface area (Å²) >= 11 is 6.25. The number of rotatable bonds is 5. The van der Waals surface area contributed by atoms with Crippen molar-refractivity contribution in [3.05, 3.63) is 46.7 Å². The van der Waals surface area contributed by atoms with Crippen LogP contribution in [-0.2, 0) is 6.54 Å². The van der Waals surface area contributed by atoms with Gasteiger partial charge in [-0.1, -0.05) is 24.6 Å². The normalized spacial score (nSPS) is 10.6. The number of nitrogens with one attached hydrogen (secondary N) is 2. The van der Waals surface area contributed by atoms with Crippen molar-refractivity contribution in [3.8, 4) is 5.69 Å². The zero-order valence-corrected chi connectivity index (χ0v) is 12.2. The molecule has 106 valence electrons. The number of amides is 1. The molecule has 0 unspecified atom stereocenters. The minimum Gasteiger partial charge on any atom is -0.354 e. The molecule has 0 bridgehead atoms. The minimum absolute atomic E-state index is 0.209. The van der Waals surface area contributed by atoms with E-state index in [1.165, 1.54) is 0 Å². The standard InChI is InChI=1S/C14H17ClN4O/c1-3-17-9-10-11(15)5-4-6-13(10)19-8-7-12(18-19)14(20)16-2/h4-8,17H,3,9H2,1-2H3,(H,16,20). The second-order valence-electron chi connectivity index (χ2n) is 4.24. The fourth-order valence-corrected chi connectivity index (χ4v) is 2.13. The molecule has 1 aromatic carbocycles. The average Bonchev–Trinajstić information content (AvgIpc) is 2.94. The third-order valence-corrected chi connectivity index (χ3v) is 3.30. The maximum absolute atomic E-state index is 11.6. The van der Waals surface area contributed by atoms with E-state index in [9.17, 15) is 4.79 Å². The topological polar surface area (TPSA) is 59.0 Å². The van der Waals surface area contributed by atoms with Crippen LogP contribution in [0.3, 0.4) is 0 Å². The van der Waals surface area contributed by atoms with Crippen LogP contribution < -0.4 is 10.6 Å². The summed E-state index contributed by atoms with van der Waals surface area (Å²) in [4.78, 5) is 11.6. The Bertz CT molecular complexity index is 609. The largest absolute Gasteiger partial charge is 0.354 e. The highest BCUT2D eigenvalue weighted by atomic mass is 35.5. The Hall–Kier alpha value is -1.85. The summed E-state index contributed by atoms with van der Waals surface area (Å²) in [5, 5.41) is 10.8. The van der Waals surface area contributed by atoms with Gasteiger partial charge in [0, 0.05) is 30.4 Å². The molecule has 1 amide bonds. The summed E-state index contributed by atoms with van der Waals surface area (Å²) in [6, 6.07) is 7.32. The molecule has 0 aliphatic carbocycles. The van der Waals surface area contributed by atoms with E-state index in [0.29, 0.717) is 17.3 Å². The Balaban J connectivity index is 2.39. The van der Waals surface area contributed by atoms with Crippen LogP contribution >= 0.6 is 11.6 Å². The van der Waals surface area contributed by atoms with Crippen LogP contribution in [0.2, 0.25) is 5.02 Å². The lowest BCUT2D eigenvalue weighted by molar-refractivity contribution is 0.0957. The number of carbonyl (C=O) groups excluding carboxylic acids is 1. The van der Waals surface area contributed by atoms with Crippen molar-refractivity contribution in [2.75, 3.05) is 13.6 Å². The van der Waals surface area contributed by atoms with Gasteiger partial charge in [0.05, 0.1) is 5.69 Å². The third-order valence-electron chi connectivity index (χ3n) is 2.94. The first kappa shape index (κ1) is 14.6. The number of hydrogen-bond donors (Lipinski definition) is 2. The predicted molar refractivity (Wildman–Crippen MR) is 79.3 cm³/mol. The molecule has 1 aromatic heterocycles. The van der Waals surface area contributed by atoms with Crippen LogP contribution in [0.5, 0.6) is 0 Å². The fourth-order valence-electron chi connectivity index (χ4n) is 1.89. The van der Waals surface area contributed by atoms with Crippen LogP contribution in [0.25, 0.3) is 5.69 Å². The highest BCUT2D eigenvalue weighted by Gasteiger charge is 2.12. The van der Waals surface area contributed by atoms with Crippen molar-refractivity contribution in [2.24, 2.45) is 0 Å². The van der Waals surface area contributed by atoms with Gasteiger partial charge >= 0.3 is 0 Å². The first-order chi connectivity index (χ1) is 9.67. The van der Waals surface area contributed by atoms with Crippen LogP contribution in [-0.4, -0.2) is 29.3 Å². The SMILES string of the molecule is CCNCc1c(Cl)cccc1-n1ccc(C(=O)NC)n1. The molecule has 20 heavy (non-hydrogen) atoms. The number of carbonyl (C=O) groups is 1. The van der Waals surface area contributed by atoms with Gasteiger partial charge in [0.15, 0.2) is 5.69 Å². The van der Waals surface area contributed by atoms with Gasteiger partial charge in [0.2, 0.25) is 0 Å². The molecule has 6 heteroatoms. The Morgan fingerprint density at radius 1 is 1.40 bits per heavy atom. The second kappa shape index (κ2) is 6.54. The Kier molecular flexibility index (Phi) is 4.76. The lowest BCUT2D eigenvalue weighted by atomic mass is 10.1. The summed E-state index contributed by atoms with van der Waals surface area (Å²) in [5.41, 5.74) is 2.21. The van der Waals surface area contributed by atoms with Crippen LogP contribution in [0.1, 0.15) is 23.0 Å². The first-order valence-corrected chi connectivity index (χ1v) is 6.81. The van der Waals surface area contributed by atoms with E-state index in [4.69, 9.17) is 11.6 Å². The van der Waals surface area contributed by atoms with E-state index in [-0.39, 0.29) is 5.91 Å². The van der Waals surface area contributed by atoms with Crippen molar-refractivity contribution in [1.82, 2.24) is 20.4 Å². The van der Waals surface area contributed by atoms with Crippen molar-refractivity contribution in [2.45, 2.75) is 13.5 Å². The van der Waals surface area contributed by atoms with E-state index in [1.807, 2.05) is 25.1 Å². The van der Waals surface area contributed by atoms with E-state index >= 15 is 0 Å². The van der Waals surface area contributed by atoms with Crippen LogP contribution in [0, 0.1) is 0 Å². The molecule has 0 saturated heterocycles. The zero-order chi connectivity index (χ0) is 14.5. The molecular weight excluding hydrogens is 276 g/mol. The monoisotopic (exact) mass is 292 g/mol. The molecule has 2 aromatic rings. The van der Waals surface area contributed by atoms with E-state index in [2.05, 4.69) is 15.7 Å². The molecule has 0 atom stereocenters. The van der Waals surface area contributed by atoms with E-state index < -0.39 is 0 Å². The summed E-state index contributed by atoms with van der Waals surface area (Å²) in [6.45, 7) is 3.54. The maximum Gasteiger partial charge on any atom is 0.271 e. The van der Waals surface area contributed by atoms with Gasteiger partial charge in [-0.2, -0.15) is 5.10 Å². The summed E-state index contributed by atoms with van der Waals surface area (Å²) in [7, 11) is 1.58. The average molecular weight is 293 g/mol. The van der Waals surface area contributed by atoms with Gasteiger partial charge in [-0.3, -0.25) is 4.79 Å². The van der Waals surface area contributed by atoms with E-state index in [0.717, 1.165) is 17.8 Å². The lowest BCUT2D eigenvalue weighted by Crippen LogP contribution is -2.19. The molecule has 0 fully saturated rings. The molecular formula is C14H17ClN4O. The minimum atomic E-state index is -0.209. The van der Waals surface area contributed by atoms with Crippen molar-refractivity contribution < 1.29 is 4.79 Å². The van der Waals surface area contributed by atoms with Crippen LogP contribution in [0.15, 0.2) is 30.5 Å².